The van der Waals surface area contributed by atoms with Gasteiger partial charge in [0.05, 0.1) is 5.56 Å². The van der Waals surface area contributed by atoms with Crippen LogP contribution in [0.3, 0.4) is 0 Å². The number of phenols is 1. The molecule has 21 heavy (non-hydrogen) atoms. The minimum Gasteiger partial charge on any atom is -0.508 e. The molecule has 0 spiro atoms. The van der Waals surface area contributed by atoms with E-state index in [9.17, 15) is 14.3 Å². The molecule has 1 aliphatic heterocycles. The minimum atomic E-state index is -0.666. The van der Waals surface area contributed by atoms with Crippen molar-refractivity contribution in [2.75, 3.05) is 19.6 Å². The predicted molar refractivity (Wildman–Crippen MR) is 79.9 cm³/mol. The smallest absolute Gasteiger partial charge is 0.256 e. The van der Waals surface area contributed by atoms with E-state index < -0.39 is 5.82 Å². The summed E-state index contributed by atoms with van der Waals surface area (Å²) in [6.07, 6.45) is 4.06. The molecular weight excluding hydrogens is 271 g/mol. The molecule has 116 valence electrons. The largest absolute Gasteiger partial charge is 0.508 e. The Morgan fingerprint density at radius 2 is 2.33 bits per heavy atom. The lowest BCUT2D eigenvalue weighted by Gasteiger charge is -2.26. The van der Waals surface area contributed by atoms with Crippen molar-refractivity contribution < 1.29 is 14.3 Å². The Bertz CT molecular complexity index is 487. The summed E-state index contributed by atoms with van der Waals surface area (Å²) in [4.78, 5) is 14.3. The van der Waals surface area contributed by atoms with Crippen LogP contribution in [0.2, 0.25) is 0 Å². The first-order valence-electron chi connectivity index (χ1n) is 7.63. The molecule has 1 saturated heterocycles. The molecule has 0 aromatic heterocycles. The second-order valence-electron chi connectivity index (χ2n) is 5.56. The molecule has 2 rings (SSSR count). The van der Waals surface area contributed by atoms with Crippen molar-refractivity contribution in [2.45, 2.75) is 38.6 Å². The first-order valence-corrected chi connectivity index (χ1v) is 7.63. The number of amides is 1. The third kappa shape index (κ3) is 4.17. The molecule has 4 nitrogen and oxygen atoms in total. The maximum atomic E-state index is 13.9. The van der Waals surface area contributed by atoms with Gasteiger partial charge in [0.15, 0.2) is 0 Å². The van der Waals surface area contributed by atoms with E-state index in [4.69, 9.17) is 0 Å². The Morgan fingerprint density at radius 3 is 2.95 bits per heavy atom. The Morgan fingerprint density at radius 1 is 1.52 bits per heavy atom. The van der Waals surface area contributed by atoms with Crippen LogP contribution >= 0.6 is 0 Å². The summed E-state index contributed by atoms with van der Waals surface area (Å²) < 4.78 is 13.9. The third-order valence-electron chi connectivity index (χ3n) is 3.86. The van der Waals surface area contributed by atoms with Gasteiger partial charge in [-0.2, -0.15) is 0 Å². The zero-order valence-electron chi connectivity index (χ0n) is 12.4. The molecule has 1 fully saturated rings. The molecule has 1 aromatic carbocycles. The number of unbranched alkanes of at least 4 members (excludes halogenated alkanes) is 1. The van der Waals surface area contributed by atoms with Gasteiger partial charge in [-0.15, -0.1) is 0 Å². The van der Waals surface area contributed by atoms with Crippen LogP contribution in [0.4, 0.5) is 4.39 Å². The summed E-state index contributed by atoms with van der Waals surface area (Å²) in [6.45, 7) is 4.29. The van der Waals surface area contributed by atoms with Gasteiger partial charge in [-0.3, -0.25) is 4.79 Å². The highest BCUT2D eigenvalue weighted by Crippen LogP contribution is 2.18. The van der Waals surface area contributed by atoms with Gasteiger partial charge in [-0.25, -0.2) is 4.39 Å². The zero-order valence-corrected chi connectivity index (χ0v) is 12.4. The molecule has 1 aliphatic rings. The lowest BCUT2D eigenvalue weighted by molar-refractivity contribution is 0.0734. The van der Waals surface area contributed by atoms with E-state index in [1.54, 1.807) is 4.90 Å². The summed E-state index contributed by atoms with van der Waals surface area (Å²) in [7, 11) is 0. The average Bonchev–Trinajstić information content (AvgIpc) is 2.95. The fourth-order valence-corrected chi connectivity index (χ4v) is 2.65. The second kappa shape index (κ2) is 7.41. The number of halogens is 1. The SMILES string of the molecule is CCCCN(CC1CCCN1)C(=O)c1ccc(O)cc1F. The van der Waals surface area contributed by atoms with Gasteiger partial charge in [0, 0.05) is 25.2 Å². The van der Waals surface area contributed by atoms with Crippen LogP contribution < -0.4 is 5.32 Å². The highest BCUT2D eigenvalue weighted by Gasteiger charge is 2.24. The van der Waals surface area contributed by atoms with Gasteiger partial charge in [0.2, 0.25) is 0 Å². The number of rotatable bonds is 6. The van der Waals surface area contributed by atoms with Crippen LogP contribution in [-0.2, 0) is 0 Å². The van der Waals surface area contributed by atoms with Gasteiger partial charge in [-0.05, 0) is 37.9 Å². The van der Waals surface area contributed by atoms with Crippen LogP contribution in [0.15, 0.2) is 18.2 Å². The fourth-order valence-electron chi connectivity index (χ4n) is 2.65. The van der Waals surface area contributed by atoms with Crippen molar-refractivity contribution in [3.63, 3.8) is 0 Å². The first-order chi connectivity index (χ1) is 10.1. The minimum absolute atomic E-state index is 0.0295. The summed E-state index contributed by atoms with van der Waals surface area (Å²) in [5, 5.41) is 12.6. The summed E-state index contributed by atoms with van der Waals surface area (Å²) in [5.74, 6) is -1.13. The molecule has 1 atom stereocenters. The van der Waals surface area contributed by atoms with Crippen molar-refractivity contribution in [1.29, 1.82) is 0 Å². The number of aromatic hydroxyl groups is 1. The van der Waals surface area contributed by atoms with E-state index in [0.717, 1.165) is 38.3 Å². The maximum absolute atomic E-state index is 13.9. The normalized spacial score (nSPS) is 17.9. The topological polar surface area (TPSA) is 52.6 Å². The van der Waals surface area contributed by atoms with E-state index in [1.165, 1.54) is 12.1 Å². The van der Waals surface area contributed by atoms with Crippen molar-refractivity contribution in [1.82, 2.24) is 10.2 Å². The molecule has 0 radical (unpaired) electrons. The van der Waals surface area contributed by atoms with Crippen LogP contribution in [0.1, 0.15) is 43.0 Å². The van der Waals surface area contributed by atoms with Crippen LogP contribution in [-0.4, -0.2) is 41.6 Å². The van der Waals surface area contributed by atoms with Gasteiger partial charge < -0.3 is 15.3 Å². The van der Waals surface area contributed by atoms with E-state index in [-0.39, 0.29) is 17.2 Å². The van der Waals surface area contributed by atoms with Crippen molar-refractivity contribution >= 4 is 5.91 Å². The number of carbonyl (C=O) groups is 1. The lowest BCUT2D eigenvalue weighted by atomic mass is 10.1. The molecule has 1 amide bonds. The molecule has 2 N–H and O–H groups in total. The number of benzene rings is 1. The van der Waals surface area contributed by atoms with Crippen LogP contribution in [0.25, 0.3) is 0 Å². The van der Waals surface area contributed by atoms with Crippen molar-refractivity contribution in [3.8, 4) is 5.75 Å². The van der Waals surface area contributed by atoms with E-state index in [2.05, 4.69) is 12.2 Å². The Kier molecular flexibility index (Phi) is 5.56. The van der Waals surface area contributed by atoms with E-state index in [1.807, 2.05) is 0 Å². The second-order valence-corrected chi connectivity index (χ2v) is 5.56. The quantitative estimate of drug-likeness (QED) is 0.847. The number of phenolic OH excluding ortho intramolecular Hbond substituents is 1. The number of hydrogen-bond donors (Lipinski definition) is 2. The molecule has 1 aromatic rings. The maximum Gasteiger partial charge on any atom is 0.256 e. The van der Waals surface area contributed by atoms with Gasteiger partial charge in [0.1, 0.15) is 11.6 Å². The summed E-state index contributed by atoms with van der Waals surface area (Å²) in [5.41, 5.74) is 0.0295. The highest BCUT2D eigenvalue weighted by atomic mass is 19.1. The van der Waals surface area contributed by atoms with Crippen LogP contribution in [0.5, 0.6) is 5.75 Å². The standard InChI is InChI=1S/C16H23FN2O2/c1-2-3-9-19(11-12-5-4-8-18-12)16(21)14-7-6-13(20)10-15(14)17/h6-7,10,12,18,20H,2-5,8-9,11H2,1H3. The monoisotopic (exact) mass is 294 g/mol. The molecule has 0 aliphatic carbocycles. The lowest BCUT2D eigenvalue weighted by Crippen LogP contribution is -2.41. The van der Waals surface area contributed by atoms with Crippen molar-refractivity contribution in [2.24, 2.45) is 0 Å². The van der Waals surface area contributed by atoms with E-state index in [0.29, 0.717) is 19.1 Å². The Labute approximate surface area is 125 Å². The number of hydrogen-bond acceptors (Lipinski definition) is 3. The fraction of sp³-hybridized carbons (Fsp3) is 0.562. The molecule has 5 heteroatoms. The zero-order chi connectivity index (χ0) is 15.2. The van der Waals surface area contributed by atoms with E-state index >= 15 is 0 Å². The Hall–Kier alpha value is -1.62. The molecule has 1 unspecified atom stereocenters. The third-order valence-corrected chi connectivity index (χ3v) is 3.86. The predicted octanol–water partition coefficient (Wildman–Crippen LogP) is 2.53. The van der Waals surface area contributed by atoms with Gasteiger partial charge >= 0.3 is 0 Å². The summed E-state index contributed by atoms with van der Waals surface area (Å²) >= 11 is 0. The van der Waals surface area contributed by atoms with Gasteiger partial charge in [-0.1, -0.05) is 13.3 Å². The van der Waals surface area contributed by atoms with Crippen LogP contribution in [0, 0.1) is 5.82 Å². The highest BCUT2D eigenvalue weighted by molar-refractivity contribution is 5.94. The molecule has 0 bridgehead atoms. The molecular formula is C16H23FN2O2. The molecule has 1 heterocycles. The molecule has 0 saturated carbocycles. The first kappa shape index (κ1) is 15.8. The average molecular weight is 294 g/mol. The summed E-state index contributed by atoms with van der Waals surface area (Å²) in [6, 6.07) is 3.99. The number of nitrogens with zero attached hydrogens (tertiary/aromatic N) is 1. The van der Waals surface area contributed by atoms with Gasteiger partial charge in [0.25, 0.3) is 5.91 Å². The van der Waals surface area contributed by atoms with Crippen molar-refractivity contribution in [3.05, 3.63) is 29.6 Å². The number of carbonyl (C=O) groups excluding carboxylic acids is 1. The Balaban J connectivity index is 2.11. The number of nitrogens with one attached hydrogen (secondary N) is 1.